The molecular formula is C9H12. The summed E-state index contributed by atoms with van der Waals surface area (Å²) < 4.78 is 0. The van der Waals surface area contributed by atoms with Crippen LogP contribution in [0, 0.1) is 17.8 Å². The highest BCUT2D eigenvalue weighted by atomic mass is 14.5. The summed E-state index contributed by atoms with van der Waals surface area (Å²) in [5.41, 5.74) is 1.48. The molecule has 0 radical (unpaired) electrons. The predicted molar refractivity (Wildman–Crippen MR) is 39.0 cm³/mol. The zero-order valence-electron chi connectivity index (χ0n) is 5.64. The Morgan fingerprint density at radius 1 is 1.56 bits per heavy atom. The molecule has 0 amide bonds. The highest BCUT2D eigenvalue weighted by molar-refractivity contribution is 5.23. The molecule has 9 heavy (non-hydrogen) atoms. The Hall–Kier alpha value is -0.520. The van der Waals surface area contributed by atoms with Crippen molar-refractivity contribution < 1.29 is 0 Å². The summed E-state index contributed by atoms with van der Waals surface area (Å²) in [5, 5.41) is 0. The van der Waals surface area contributed by atoms with E-state index >= 15 is 0 Å². The average Bonchev–Trinajstić information content (AvgIpc) is 1.83. The third kappa shape index (κ3) is 0.487. The number of allylic oxidation sites excluding steroid dienone is 2. The second-order valence-corrected chi connectivity index (χ2v) is 3.27. The summed E-state index contributed by atoms with van der Waals surface area (Å²) in [7, 11) is 0. The van der Waals surface area contributed by atoms with Crippen LogP contribution in [-0.2, 0) is 0 Å². The van der Waals surface area contributed by atoms with Crippen molar-refractivity contribution in [2.24, 2.45) is 17.8 Å². The fraction of sp³-hybridized carbons (Fsp3) is 0.556. The molecule has 0 spiro atoms. The van der Waals surface area contributed by atoms with Gasteiger partial charge >= 0.3 is 0 Å². The fourth-order valence-electron chi connectivity index (χ4n) is 2.07. The Balaban J connectivity index is 2.02. The lowest BCUT2D eigenvalue weighted by Gasteiger charge is -2.53. The Morgan fingerprint density at radius 3 is 2.67 bits per heavy atom. The zero-order valence-corrected chi connectivity index (χ0v) is 5.64. The van der Waals surface area contributed by atoms with Gasteiger partial charge < -0.3 is 0 Å². The summed E-state index contributed by atoms with van der Waals surface area (Å²) in [6.45, 7) is 7.77. The third-order valence-electron chi connectivity index (χ3n) is 2.92. The van der Waals surface area contributed by atoms with E-state index in [9.17, 15) is 0 Å². The molecule has 0 saturated heterocycles. The van der Waals surface area contributed by atoms with Gasteiger partial charge in [-0.3, -0.25) is 0 Å². The van der Waals surface area contributed by atoms with Gasteiger partial charge in [-0.15, -0.1) is 6.58 Å². The van der Waals surface area contributed by atoms with Crippen molar-refractivity contribution >= 4 is 0 Å². The van der Waals surface area contributed by atoms with Crippen LogP contribution < -0.4 is 0 Å². The molecule has 0 bridgehead atoms. The van der Waals surface area contributed by atoms with Crippen LogP contribution in [0.5, 0.6) is 0 Å². The predicted octanol–water partition coefficient (Wildman–Crippen LogP) is 2.38. The van der Waals surface area contributed by atoms with E-state index in [0.29, 0.717) is 0 Å². The monoisotopic (exact) mass is 120 g/mol. The molecule has 0 heterocycles. The summed E-state index contributed by atoms with van der Waals surface area (Å²) in [6.07, 6.45) is 4.72. The smallest absolute Gasteiger partial charge is 0.0163 e. The molecule has 3 atom stereocenters. The van der Waals surface area contributed by atoms with Gasteiger partial charge in [-0.2, -0.15) is 0 Å². The largest absolute Gasteiger partial charge is 0.103 e. The van der Waals surface area contributed by atoms with E-state index in [-0.39, 0.29) is 0 Å². The molecule has 2 fully saturated rings. The zero-order chi connectivity index (χ0) is 6.43. The van der Waals surface area contributed by atoms with Crippen LogP contribution in [0.2, 0.25) is 0 Å². The van der Waals surface area contributed by atoms with Crippen molar-refractivity contribution in [2.75, 3.05) is 0 Å². The number of hydrogen-bond acceptors (Lipinski definition) is 0. The molecule has 0 aliphatic heterocycles. The van der Waals surface area contributed by atoms with Crippen molar-refractivity contribution in [3.63, 3.8) is 0 Å². The lowest BCUT2D eigenvalue weighted by Crippen LogP contribution is -2.44. The molecule has 0 nitrogen and oxygen atoms in total. The molecular weight excluding hydrogens is 108 g/mol. The standard InChI is InChI=1S/C9H12/c1-3-7-5-8-6(2)4-9(7)8/h3,7-9H,1-2,4-5H2. The number of rotatable bonds is 1. The SMILES string of the molecule is C=CC1CC2C(=C)CC12. The first-order chi connectivity index (χ1) is 4.33. The maximum atomic E-state index is 3.98. The molecule has 0 heteroatoms. The Kier molecular flexibility index (Phi) is 0.879. The Bertz CT molecular complexity index is 163. The molecule has 3 unspecified atom stereocenters. The second-order valence-electron chi connectivity index (χ2n) is 3.27. The third-order valence-corrected chi connectivity index (χ3v) is 2.92. The maximum Gasteiger partial charge on any atom is -0.0163 e. The maximum absolute atomic E-state index is 3.98. The van der Waals surface area contributed by atoms with Gasteiger partial charge in [0.2, 0.25) is 0 Å². The number of fused-ring (bicyclic) bond motifs is 1. The molecule has 0 aromatic carbocycles. The molecule has 0 N–H and O–H groups in total. The Labute approximate surface area is 56.3 Å². The highest BCUT2D eigenvalue weighted by Gasteiger charge is 2.47. The van der Waals surface area contributed by atoms with E-state index in [0.717, 1.165) is 17.8 Å². The van der Waals surface area contributed by atoms with E-state index < -0.39 is 0 Å². The summed E-state index contributed by atoms with van der Waals surface area (Å²) in [6, 6.07) is 0. The van der Waals surface area contributed by atoms with Gasteiger partial charge in [-0.05, 0) is 30.6 Å². The minimum Gasteiger partial charge on any atom is -0.103 e. The van der Waals surface area contributed by atoms with E-state index in [2.05, 4.69) is 19.2 Å². The first kappa shape index (κ1) is 5.28. The van der Waals surface area contributed by atoms with E-state index in [4.69, 9.17) is 0 Å². The Morgan fingerprint density at radius 2 is 2.33 bits per heavy atom. The molecule has 0 aromatic heterocycles. The van der Waals surface area contributed by atoms with Crippen LogP contribution in [0.25, 0.3) is 0 Å². The van der Waals surface area contributed by atoms with Crippen molar-refractivity contribution in [3.05, 3.63) is 24.8 Å². The first-order valence-electron chi connectivity index (χ1n) is 3.63. The van der Waals surface area contributed by atoms with Crippen molar-refractivity contribution in [3.8, 4) is 0 Å². The van der Waals surface area contributed by atoms with Crippen LogP contribution >= 0.6 is 0 Å². The van der Waals surface area contributed by atoms with Gasteiger partial charge in [0, 0.05) is 0 Å². The van der Waals surface area contributed by atoms with Gasteiger partial charge in [-0.25, -0.2) is 0 Å². The molecule has 0 aromatic rings. The fourth-order valence-corrected chi connectivity index (χ4v) is 2.07. The van der Waals surface area contributed by atoms with Gasteiger partial charge in [0.15, 0.2) is 0 Å². The van der Waals surface area contributed by atoms with Gasteiger partial charge in [0.1, 0.15) is 0 Å². The minimum absolute atomic E-state index is 0.834. The first-order valence-corrected chi connectivity index (χ1v) is 3.63. The minimum atomic E-state index is 0.834. The normalized spacial score (nSPS) is 46.7. The van der Waals surface area contributed by atoms with Crippen molar-refractivity contribution in [1.29, 1.82) is 0 Å². The number of hydrogen-bond donors (Lipinski definition) is 0. The summed E-state index contributed by atoms with van der Waals surface area (Å²) in [4.78, 5) is 0. The summed E-state index contributed by atoms with van der Waals surface area (Å²) in [5.74, 6) is 2.68. The molecule has 2 rings (SSSR count). The van der Waals surface area contributed by atoms with Crippen molar-refractivity contribution in [1.82, 2.24) is 0 Å². The van der Waals surface area contributed by atoms with Crippen LogP contribution in [0.1, 0.15) is 12.8 Å². The topological polar surface area (TPSA) is 0 Å². The van der Waals surface area contributed by atoms with Gasteiger partial charge in [-0.1, -0.05) is 18.2 Å². The van der Waals surface area contributed by atoms with Crippen LogP contribution in [0.3, 0.4) is 0 Å². The van der Waals surface area contributed by atoms with Gasteiger partial charge in [0.05, 0.1) is 0 Å². The van der Waals surface area contributed by atoms with Crippen LogP contribution in [0.4, 0.5) is 0 Å². The van der Waals surface area contributed by atoms with E-state index in [1.807, 2.05) is 0 Å². The average molecular weight is 120 g/mol. The van der Waals surface area contributed by atoms with Crippen molar-refractivity contribution in [2.45, 2.75) is 12.8 Å². The van der Waals surface area contributed by atoms with Crippen LogP contribution in [-0.4, -0.2) is 0 Å². The highest BCUT2D eigenvalue weighted by Crippen LogP contribution is 2.57. The molecule has 48 valence electrons. The van der Waals surface area contributed by atoms with Crippen LogP contribution in [0.15, 0.2) is 24.8 Å². The quantitative estimate of drug-likeness (QED) is 0.466. The second kappa shape index (κ2) is 1.50. The molecule has 2 saturated carbocycles. The van der Waals surface area contributed by atoms with E-state index in [1.54, 1.807) is 0 Å². The lowest BCUT2D eigenvalue weighted by molar-refractivity contribution is 0.0711. The molecule has 2 aliphatic carbocycles. The van der Waals surface area contributed by atoms with E-state index in [1.165, 1.54) is 18.4 Å². The lowest BCUT2D eigenvalue weighted by atomic mass is 9.51. The van der Waals surface area contributed by atoms with Gasteiger partial charge in [0.25, 0.3) is 0 Å². The molecule has 2 aliphatic rings. The summed E-state index contributed by atoms with van der Waals surface area (Å²) >= 11 is 0.